The molecule has 1 amide bonds. The van der Waals surface area contributed by atoms with Crippen LogP contribution in [0.5, 0.6) is 5.75 Å². The second-order valence-electron chi connectivity index (χ2n) is 12.4. The number of nitrogens with one attached hydrogen (secondary N) is 1. The van der Waals surface area contributed by atoms with Gasteiger partial charge in [0.25, 0.3) is 5.91 Å². The molecule has 1 aliphatic rings. The van der Waals surface area contributed by atoms with Crippen molar-refractivity contribution in [3.05, 3.63) is 149 Å². The van der Waals surface area contributed by atoms with Crippen LogP contribution in [0.15, 0.2) is 127 Å². The third-order valence-electron chi connectivity index (χ3n) is 8.70. The van der Waals surface area contributed by atoms with Gasteiger partial charge < -0.3 is 15.2 Å². The lowest BCUT2D eigenvalue weighted by atomic mass is 9.88. The van der Waals surface area contributed by atoms with E-state index in [1.165, 1.54) is 5.56 Å². The van der Waals surface area contributed by atoms with Crippen molar-refractivity contribution in [3.8, 4) is 16.9 Å². The zero-order valence-electron chi connectivity index (χ0n) is 27.8. The fourth-order valence-electron chi connectivity index (χ4n) is 6.02. The van der Waals surface area contributed by atoms with Crippen molar-refractivity contribution in [2.75, 3.05) is 18.6 Å². The fraction of sp³-hybridized carbons (Fsp3) is 0.268. The Kier molecular flexibility index (Phi) is 12.3. The monoisotopic (exact) mass is 660 g/mol. The summed E-state index contributed by atoms with van der Waals surface area (Å²) < 4.78 is 6.21. The molecule has 48 heavy (non-hydrogen) atoms. The number of rotatable bonds is 15. The lowest BCUT2D eigenvalue weighted by Crippen LogP contribution is -2.41. The average Bonchev–Trinajstić information content (AvgIpc) is 3.09. The molecule has 0 heterocycles. The molecular formula is C41H44N2O4S. The second kappa shape index (κ2) is 17.0. The van der Waals surface area contributed by atoms with Crippen molar-refractivity contribution in [1.82, 2.24) is 10.2 Å². The predicted molar refractivity (Wildman–Crippen MR) is 196 cm³/mol. The van der Waals surface area contributed by atoms with Gasteiger partial charge in [0, 0.05) is 25.2 Å². The smallest absolute Gasteiger partial charge is 0.326 e. The molecule has 4 aromatic carbocycles. The number of carbonyl (C=O) groups excluding carboxylic acids is 1. The second-order valence-corrected chi connectivity index (χ2v) is 13.3. The molecule has 7 heteroatoms. The van der Waals surface area contributed by atoms with Gasteiger partial charge in [-0.2, -0.15) is 11.8 Å². The highest BCUT2D eigenvalue weighted by Crippen LogP contribution is 2.31. The Morgan fingerprint density at radius 3 is 2.29 bits per heavy atom. The molecule has 0 bridgehead atoms. The van der Waals surface area contributed by atoms with E-state index in [1.807, 2.05) is 86.0 Å². The molecule has 0 saturated heterocycles. The Bertz CT molecular complexity index is 1740. The van der Waals surface area contributed by atoms with Crippen LogP contribution in [-0.4, -0.2) is 46.5 Å². The molecule has 0 spiro atoms. The van der Waals surface area contributed by atoms with E-state index in [-0.39, 0.29) is 11.8 Å². The summed E-state index contributed by atoms with van der Waals surface area (Å²) in [6.07, 6.45) is 8.80. The highest BCUT2D eigenvalue weighted by atomic mass is 32.2. The van der Waals surface area contributed by atoms with Crippen LogP contribution in [0.2, 0.25) is 0 Å². The summed E-state index contributed by atoms with van der Waals surface area (Å²) >= 11 is 1.56. The summed E-state index contributed by atoms with van der Waals surface area (Å²) in [5, 5.41) is 12.6. The maximum atomic E-state index is 13.6. The fourth-order valence-corrected chi connectivity index (χ4v) is 6.49. The zero-order valence-corrected chi connectivity index (χ0v) is 28.7. The first-order valence-corrected chi connectivity index (χ1v) is 17.8. The van der Waals surface area contributed by atoms with Crippen LogP contribution in [-0.2, 0) is 17.9 Å². The zero-order chi connectivity index (χ0) is 33.9. The van der Waals surface area contributed by atoms with E-state index in [4.69, 9.17) is 4.74 Å². The number of aliphatic carboxylic acids is 1. The van der Waals surface area contributed by atoms with Gasteiger partial charge in [-0.05, 0) is 101 Å². The quantitative estimate of drug-likeness (QED) is 0.133. The number of hydrogen-bond donors (Lipinski definition) is 2. The van der Waals surface area contributed by atoms with Crippen LogP contribution in [0.25, 0.3) is 11.1 Å². The van der Waals surface area contributed by atoms with Crippen molar-refractivity contribution >= 4 is 23.6 Å². The normalized spacial score (nSPS) is 16.3. The summed E-state index contributed by atoms with van der Waals surface area (Å²) in [4.78, 5) is 28.1. The number of hydrogen-bond acceptors (Lipinski definition) is 5. The van der Waals surface area contributed by atoms with Gasteiger partial charge in [-0.3, -0.25) is 9.69 Å². The number of carbonyl (C=O) groups is 2. The standard InChI is InChI=1S/C41H44N2O4S/c1-29-18-20-35(47-34-15-8-5-9-16-34)25-33(29)28-43(26-31-13-6-4-7-14-31)27-32-19-21-37(38(24-32)36-17-11-10-12-30(36)2)40(44)42-39(41(45)46)22-23-48-3/h4-21,24-25,29,33,39H,22-23,26-28H2,1-3H3,(H,42,44)(H,45,46)/t29?,33?,39-/m0/s1. The lowest BCUT2D eigenvalue weighted by Gasteiger charge is -2.31. The number of carboxylic acids is 1. The number of benzene rings is 4. The molecule has 0 aliphatic heterocycles. The van der Waals surface area contributed by atoms with E-state index in [1.54, 1.807) is 11.8 Å². The number of allylic oxidation sites excluding steroid dienone is 2. The molecule has 2 unspecified atom stereocenters. The minimum atomic E-state index is -1.03. The van der Waals surface area contributed by atoms with E-state index in [2.05, 4.69) is 65.7 Å². The molecular weight excluding hydrogens is 617 g/mol. The third kappa shape index (κ3) is 9.49. The lowest BCUT2D eigenvalue weighted by molar-refractivity contribution is -0.139. The van der Waals surface area contributed by atoms with Gasteiger partial charge in [-0.1, -0.05) is 91.9 Å². The first kappa shape index (κ1) is 34.7. The number of carboxylic acid groups (broad SMARTS) is 1. The molecule has 248 valence electrons. The molecule has 2 N–H and O–H groups in total. The largest absolute Gasteiger partial charge is 0.480 e. The number of ether oxygens (including phenoxy) is 1. The maximum absolute atomic E-state index is 13.6. The number of nitrogens with zero attached hydrogens (tertiary/aromatic N) is 1. The molecule has 0 aromatic heterocycles. The molecule has 1 aliphatic carbocycles. The summed E-state index contributed by atoms with van der Waals surface area (Å²) in [5.41, 5.74) is 5.55. The van der Waals surface area contributed by atoms with Crippen molar-refractivity contribution < 1.29 is 19.4 Å². The van der Waals surface area contributed by atoms with Crippen molar-refractivity contribution in [1.29, 1.82) is 0 Å². The minimum absolute atomic E-state index is 0.229. The van der Waals surface area contributed by atoms with Crippen LogP contribution in [0, 0.1) is 18.8 Å². The number of para-hydroxylation sites is 1. The van der Waals surface area contributed by atoms with Gasteiger partial charge in [0.05, 0.1) is 0 Å². The molecule has 4 aromatic rings. The molecule has 0 radical (unpaired) electrons. The summed E-state index contributed by atoms with van der Waals surface area (Å²) in [6, 6.07) is 33.3. The van der Waals surface area contributed by atoms with Crippen LogP contribution in [0.1, 0.15) is 40.4 Å². The van der Waals surface area contributed by atoms with Gasteiger partial charge in [0.1, 0.15) is 17.6 Å². The Labute approximate surface area is 288 Å². The van der Waals surface area contributed by atoms with Gasteiger partial charge in [-0.25, -0.2) is 4.79 Å². The van der Waals surface area contributed by atoms with Crippen molar-refractivity contribution in [2.24, 2.45) is 11.8 Å². The van der Waals surface area contributed by atoms with E-state index in [0.29, 0.717) is 30.2 Å². The van der Waals surface area contributed by atoms with Crippen LogP contribution >= 0.6 is 11.8 Å². The predicted octanol–water partition coefficient (Wildman–Crippen LogP) is 8.39. The SMILES string of the molecule is CSCC[C@H](NC(=O)c1ccc(CN(Cc2ccccc2)CC2C=C(Oc3ccccc3)C=CC2C)cc1-c1ccccc1C)C(=O)O. The van der Waals surface area contributed by atoms with Gasteiger partial charge in [-0.15, -0.1) is 0 Å². The minimum Gasteiger partial charge on any atom is -0.480 e. The van der Waals surface area contributed by atoms with Gasteiger partial charge >= 0.3 is 5.97 Å². The Balaban J connectivity index is 1.45. The summed E-state index contributed by atoms with van der Waals surface area (Å²) in [7, 11) is 0. The Morgan fingerprint density at radius 2 is 1.58 bits per heavy atom. The van der Waals surface area contributed by atoms with E-state index in [0.717, 1.165) is 46.9 Å². The third-order valence-corrected chi connectivity index (χ3v) is 9.34. The van der Waals surface area contributed by atoms with Crippen molar-refractivity contribution in [2.45, 2.75) is 39.4 Å². The van der Waals surface area contributed by atoms with Gasteiger partial charge in [0.2, 0.25) is 0 Å². The maximum Gasteiger partial charge on any atom is 0.326 e. The topological polar surface area (TPSA) is 78.9 Å². The average molecular weight is 661 g/mol. The van der Waals surface area contributed by atoms with E-state index >= 15 is 0 Å². The van der Waals surface area contributed by atoms with Crippen molar-refractivity contribution in [3.63, 3.8) is 0 Å². The molecule has 3 atom stereocenters. The first-order chi connectivity index (χ1) is 23.3. The molecule has 0 saturated carbocycles. The van der Waals surface area contributed by atoms with Crippen LogP contribution in [0.4, 0.5) is 0 Å². The van der Waals surface area contributed by atoms with Crippen LogP contribution < -0.4 is 10.1 Å². The highest BCUT2D eigenvalue weighted by Gasteiger charge is 2.25. The molecule has 6 nitrogen and oxygen atoms in total. The Hall–Kier alpha value is -4.59. The highest BCUT2D eigenvalue weighted by molar-refractivity contribution is 7.98. The first-order valence-electron chi connectivity index (χ1n) is 16.4. The van der Waals surface area contributed by atoms with E-state index < -0.39 is 12.0 Å². The summed E-state index contributed by atoms with van der Waals surface area (Å²) in [6.45, 7) is 6.50. The van der Waals surface area contributed by atoms with Crippen LogP contribution in [0.3, 0.4) is 0 Å². The summed E-state index contributed by atoms with van der Waals surface area (Å²) in [5.74, 6) is 1.45. The molecule has 5 rings (SSSR count). The Morgan fingerprint density at radius 1 is 0.896 bits per heavy atom. The number of amides is 1. The molecule has 0 fully saturated rings. The van der Waals surface area contributed by atoms with Gasteiger partial charge in [0.15, 0.2) is 0 Å². The number of thioether (sulfide) groups is 1. The van der Waals surface area contributed by atoms with E-state index in [9.17, 15) is 14.7 Å². The number of aryl methyl sites for hydroxylation is 1.